The first-order valence-corrected chi connectivity index (χ1v) is 7.92. The number of hydrogen-bond donors (Lipinski definition) is 1. The molecule has 0 saturated heterocycles. The standard InChI is InChI=1S/C21H20O3/c1-13-8-9-16(10-14(13)2)20(23)12-24-21-15(3)11-19(22)17-6-4-5-7-18(17)21/h4-11,22H,12H2,1-3H3. The van der Waals surface area contributed by atoms with Gasteiger partial charge in [-0.2, -0.15) is 0 Å². The molecule has 24 heavy (non-hydrogen) atoms. The number of Topliss-reactive ketones (excluding diaryl/α,β-unsaturated/α-hetero) is 1. The van der Waals surface area contributed by atoms with Crippen molar-refractivity contribution in [3.8, 4) is 11.5 Å². The molecule has 3 heteroatoms. The molecule has 0 aromatic heterocycles. The van der Waals surface area contributed by atoms with Gasteiger partial charge in [-0.3, -0.25) is 4.79 Å². The number of rotatable bonds is 4. The lowest BCUT2D eigenvalue weighted by molar-refractivity contribution is 0.0922. The Kier molecular flexibility index (Phi) is 4.26. The molecule has 1 N–H and O–H groups in total. The van der Waals surface area contributed by atoms with Gasteiger partial charge in [0, 0.05) is 16.3 Å². The molecule has 0 saturated carbocycles. The van der Waals surface area contributed by atoms with E-state index in [4.69, 9.17) is 4.74 Å². The van der Waals surface area contributed by atoms with E-state index in [-0.39, 0.29) is 18.1 Å². The van der Waals surface area contributed by atoms with Crippen LogP contribution >= 0.6 is 0 Å². The Morgan fingerprint density at radius 3 is 2.33 bits per heavy atom. The van der Waals surface area contributed by atoms with Gasteiger partial charge >= 0.3 is 0 Å². The summed E-state index contributed by atoms with van der Waals surface area (Å²) >= 11 is 0. The van der Waals surface area contributed by atoms with Crippen LogP contribution in [0.3, 0.4) is 0 Å². The number of benzene rings is 3. The highest BCUT2D eigenvalue weighted by atomic mass is 16.5. The van der Waals surface area contributed by atoms with Gasteiger partial charge in [0.15, 0.2) is 12.4 Å². The zero-order valence-corrected chi connectivity index (χ0v) is 14.1. The predicted octanol–water partition coefficient (Wildman–Crippen LogP) is 4.73. The Labute approximate surface area is 141 Å². The summed E-state index contributed by atoms with van der Waals surface area (Å²) in [4.78, 5) is 12.4. The summed E-state index contributed by atoms with van der Waals surface area (Å²) in [6.45, 7) is 5.84. The zero-order valence-electron chi connectivity index (χ0n) is 14.1. The molecule has 3 aromatic carbocycles. The summed E-state index contributed by atoms with van der Waals surface area (Å²) in [6, 6.07) is 14.8. The second-order valence-corrected chi connectivity index (χ2v) is 6.10. The van der Waals surface area contributed by atoms with E-state index in [2.05, 4.69) is 0 Å². The number of aryl methyl sites for hydroxylation is 3. The van der Waals surface area contributed by atoms with Crippen LogP contribution in [0.15, 0.2) is 48.5 Å². The number of carbonyl (C=O) groups is 1. The van der Waals surface area contributed by atoms with E-state index in [1.165, 1.54) is 0 Å². The van der Waals surface area contributed by atoms with Crippen LogP contribution < -0.4 is 4.74 Å². The van der Waals surface area contributed by atoms with Crippen molar-refractivity contribution in [3.63, 3.8) is 0 Å². The molecule has 0 heterocycles. The molecular formula is C21H20O3. The molecule has 122 valence electrons. The molecule has 3 aromatic rings. The number of phenols is 1. The third kappa shape index (κ3) is 2.98. The first kappa shape index (κ1) is 16.1. The van der Waals surface area contributed by atoms with Crippen LogP contribution in [-0.4, -0.2) is 17.5 Å². The molecule has 0 aliphatic carbocycles. The van der Waals surface area contributed by atoms with E-state index in [0.29, 0.717) is 11.3 Å². The number of aromatic hydroxyl groups is 1. The Hall–Kier alpha value is -2.81. The second-order valence-electron chi connectivity index (χ2n) is 6.10. The van der Waals surface area contributed by atoms with Crippen molar-refractivity contribution in [2.45, 2.75) is 20.8 Å². The summed E-state index contributed by atoms with van der Waals surface area (Å²) < 4.78 is 5.83. The van der Waals surface area contributed by atoms with Crippen LogP contribution in [0.5, 0.6) is 11.5 Å². The average molecular weight is 320 g/mol. The molecule has 0 radical (unpaired) electrons. The van der Waals surface area contributed by atoms with Gasteiger partial charge < -0.3 is 9.84 Å². The molecule has 0 spiro atoms. The molecular weight excluding hydrogens is 300 g/mol. The van der Waals surface area contributed by atoms with Crippen LogP contribution in [0.1, 0.15) is 27.0 Å². The summed E-state index contributed by atoms with van der Waals surface area (Å²) in [5.41, 5.74) is 3.71. The highest BCUT2D eigenvalue weighted by molar-refractivity contribution is 5.98. The first-order valence-electron chi connectivity index (χ1n) is 7.92. The minimum Gasteiger partial charge on any atom is -0.507 e. The highest BCUT2D eigenvalue weighted by Crippen LogP contribution is 2.35. The number of hydrogen-bond acceptors (Lipinski definition) is 3. The third-order valence-corrected chi connectivity index (χ3v) is 4.34. The fraction of sp³-hybridized carbons (Fsp3) is 0.190. The fourth-order valence-corrected chi connectivity index (χ4v) is 2.79. The molecule has 0 bridgehead atoms. The molecule has 0 aliphatic rings. The van der Waals surface area contributed by atoms with Gasteiger partial charge in [0.1, 0.15) is 11.5 Å². The Morgan fingerprint density at radius 1 is 0.917 bits per heavy atom. The third-order valence-electron chi connectivity index (χ3n) is 4.34. The molecule has 3 rings (SSSR count). The molecule has 0 fully saturated rings. The van der Waals surface area contributed by atoms with Crippen molar-refractivity contribution in [2.75, 3.05) is 6.61 Å². The summed E-state index contributed by atoms with van der Waals surface area (Å²) in [6.07, 6.45) is 0. The Bertz CT molecular complexity index is 926. The van der Waals surface area contributed by atoms with Crippen molar-refractivity contribution >= 4 is 16.6 Å². The SMILES string of the molecule is Cc1ccc(C(=O)COc2c(C)cc(O)c3ccccc23)cc1C. The minimum atomic E-state index is -0.0605. The fourth-order valence-electron chi connectivity index (χ4n) is 2.79. The van der Waals surface area contributed by atoms with Crippen molar-refractivity contribution in [1.29, 1.82) is 0 Å². The summed E-state index contributed by atoms with van der Waals surface area (Å²) in [5.74, 6) is 0.797. The molecule has 0 aliphatic heterocycles. The van der Waals surface area contributed by atoms with Gasteiger partial charge in [-0.1, -0.05) is 36.4 Å². The van der Waals surface area contributed by atoms with Gasteiger partial charge in [0.2, 0.25) is 0 Å². The van der Waals surface area contributed by atoms with Crippen molar-refractivity contribution in [1.82, 2.24) is 0 Å². The number of ketones is 1. The van der Waals surface area contributed by atoms with Crippen LogP contribution in [-0.2, 0) is 0 Å². The molecule has 0 atom stereocenters. The number of fused-ring (bicyclic) bond motifs is 1. The first-order chi connectivity index (χ1) is 11.5. The van der Waals surface area contributed by atoms with E-state index < -0.39 is 0 Å². The summed E-state index contributed by atoms with van der Waals surface area (Å²) in [5, 5.41) is 11.6. The van der Waals surface area contributed by atoms with E-state index in [0.717, 1.165) is 27.5 Å². The van der Waals surface area contributed by atoms with Gasteiger partial charge in [-0.05, 0) is 49.6 Å². The van der Waals surface area contributed by atoms with Crippen molar-refractivity contribution in [3.05, 3.63) is 70.8 Å². The van der Waals surface area contributed by atoms with Gasteiger partial charge in [-0.25, -0.2) is 0 Å². The Morgan fingerprint density at radius 2 is 1.62 bits per heavy atom. The molecule has 0 amide bonds. The van der Waals surface area contributed by atoms with E-state index in [9.17, 15) is 9.90 Å². The van der Waals surface area contributed by atoms with Crippen molar-refractivity contribution < 1.29 is 14.6 Å². The number of phenolic OH excluding ortho intramolecular Hbond substituents is 1. The maximum absolute atomic E-state index is 12.4. The van der Waals surface area contributed by atoms with Gasteiger partial charge in [-0.15, -0.1) is 0 Å². The van der Waals surface area contributed by atoms with Crippen LogP contribution in [0.2, 0.25) is 0 Å². The smallest absolute Gasteiger partial charge is 0.200 e. The van der Waals surface area contributed by atoms with Gasteiger partial charge in [0.25, 0.3) is 0 Å². The van der Waals surface area contributed by atoms with Gasteiger partial charge in [0.05, 0.1) is 0 Å². The number of ether oxygens (including phenoxy) is 1. The summed E-state index contributed by atoms with van der Waals surface area (Å²) in [7, 11) is 0. The lowest BCUT2D eigenvalue weighted by Gasteiger charge is -2.13. The average Bonchev–Trinajstić information content (AvgIpc) is 2.57. The highest BCUT2D eigenvalue weighted by Gasteiger charge is 2.13. The van der Waals surface area contributed by atoms with Crippen LogP contribution in [0.25, 0.3) is 10.8 Å². The lowest BCUT2D eigenvalue weighted by Crippen LogP contribution is -2.12. The van der Waals surface area contributed by atoms with Crippen LogP contribution in [0.4, 0.5) is 0 Å². The quantitative estimate of drug-likeness (QED) is 0.707. The van der Waals surface area contributed by atoms with E-state index >= 15 is 0 Å². The lowest BCUT2D eigenvalue weighted by atomic mass is 10.0. The number of carbonyl (C=O) groups excluding carboxylic acids is 1. The maximum atomic E-state index is 12.4. The molecule has 3 nitrogen and oxygen atoms in total. The maximum Gasteiger partial charge on any atom is 0.200 e. The van der Waals surface area contributed by atoms with Crippen molar-refractivity contribution in [2.24, 2.45) is 0 Å². The zero-order chi connectivity index (χ0) is 17.3. The second kappa shape index (κ2) is 6.36. The topological polar surface area (TPSA) is 46.5 Å². The minimum absolute atomic E-state index is 0.0297. The monoisotopic (exact) mass is 320 g/mol. The largest absolute Gasteiger partial charge is 0.507 e. The predicted molar refractivity (Wildman–Crippen MR) is 96.1 cm³/mol. The van der Waals surface area contributed by atoms with E-state index in [1.807, 2.05) is 63.2 Å². The Balaban J connectivity index is 1.88. The van der Waals surface area contributed by atoms with Crippen LogP contribution in [0, 0.1) is 20.8 Å². The van der Waals surface area contributed by atoms with E-state index in [1.54, 1.807) is 6.07 Å². The normalized spacial score (nSPS) is 10.8. The molecule has 0 unspecified atom stereocenters.